The van der Waals surface area contributed by atoms with E-state index in [2.05, 4.69) is 10.5 Å². The quantitative estimate of drug-likeness (QED) is 0.649. The molecule has 1 aromatic heterocycles. The molecule has 1 rings (SSSR count). The number of anilines is 1. The largest absolute Gasteiger partial charge is 0.360 e. The zero-order valence-electron chi connectivity index (χ0n) is 5.93. The van der Waals surface area contributed by atoms with Crippen LogP contribution in [0.2, 0.25) is 0 Å². The van der Waals surface area contributed by atoms with E-state index < -0.39 is 0 Å². The minimum absolute atomic E-state index is 0.0705. The highest BCUT2D eigenvalue weighted by Crippen LogP contribution is 2.06. The van der Waals surface area contributed by atoms with Gasteiger partial charge in [0, 0.05) is 6.07 Å². The zero-order valence-corrected chi connectivity index (χ0v) is 8.08. The van der Waals surface area contributed by atoms with E-state index in [1.165, 1.54) is 0 Å². The van der Waals surface area contributed by atoms with Crippen molar-refractivity contribution in [3.8, 4) is 0 Å². The molecule has 0 aliphatic rings. The summed E-state index contributed by atoms with van der Waals surface area (Å²) in [5.41, 5.74) is 0. The van der Waals surface area contributed by atoms with E-state index in [9.17, 15) is 4.79 Å². The minimum atomic E-state index is -0.0705. The molecule has 1 N–H and O–H groups in total. The van der Waals surface area contributed by atoms with Crippen molar-refractivity contribution in [2.24, 2.45) is 0 Å². The normalized spacial score (nSPS) is 9.64. The van der Waals surface area contributed by atoms with Crippen LogP contribution in [0.1, 0.15) is 5.76 Å². The highest BCUT2D eigenvalue weighted by molar-refractivity contribution is 14.1. The van der Waals surface area contributed by atoms with Crippen molar-refractivity contribution in [1.82, 2.24) is 5.16 Å². The maximum Gasteiger partial charge on any atom is 0.235 e. The second-order valence-corrected chi connectivity index (χ2v) is 2.77. The first kappa shape index (κ1) is 8.51. The molecule has 1 aromatic rings. The topological polar surface area (TPSA) is 55.1 Å². The minimum Gasteiger partial charge on any atom is -0.360 e. The van der Waals surface area contributed by atoms with Crippen LogP contribution in [-0.4, -0.2) is 15.5 Å². The number of carbonyl (C=O) groups excluding carboxylic acids is 1. The number of alkyl halides is 1. The van der Waals surface area contributed by atoms with Crippen molar-refractivity contribution >= 4 is 34.3 Å². The third kappa shape index (κ3) is 2.49. The van der Waals surface area contributed by atoms with Gasteiger partial charge in [-0.3, -0.25) is 4.79 Å². The van der Waals surface area contributed by atoms with Crippen LogP contribution in [-0.2, 0) is 4.79 Å². The number of aryl methyl sites for hydroxylation is 1. The predicted molar refractivity (Wildman–Crippen MR) is 48.8 cm³/mol. The SMILES string of the molecule is Cc1cc(NC(=O)CI)no1. The standard InChI is InChI=1S/C6H7IN2O2/c1-4-2-5(9-11-4)8-6(10)3-7/h2H,3H2,1H3,(H,8,9,10). The summed E-state index contributed by atoms with van der Waals surface area (Å²) < 4.78 is 5.16. The van der Waals surface area contributed by atoms with Crippen molar-refractivity contribution in [3.05, 3.63) is 11.8 Å². The number of halogens is 1. The molecular weight excluding hydrogens is 259 g/mol. The molecule has 60 valence electrons. The molecule has 0 radical (unpaired) electrons. The molecule has 0 saturated carbocycles. The van der Waals surface area contributed by atoms with Crippen molar-refractivity contribution < 1.29 is 9.32 Å². The first-order chi connectivity index (χ1) is 5.22. The molecule has 0 fully saturated rings. The van der Waals surface area contributed by atoms with Gasteiger partial charge in [0.15, 0.2) is 5.82 Å². The van der Waals surface area contributed by atoms with Gasteiger partial charge < -0.3 is 9.84 Å². The molecule has 0 saturated heterocycles. The van der Waals surface area contributed by atoms with E-state index in [0.717, 1.165) is 0 Å². The average molecular weight is 266 g/mol. The van der Waals surface area contributed by atoms with Gasteiger partial charge >= 0.3 is 0 Å². The fourth-order valence-electron chi connectivity index (χ4n) is 0.602. The van der Waals surface area contributed by atoms with Gasteiger partial charge in [0.05, 0.1) is 4.43 Å². The second kappa shape index (κ2) is 3.70. The van der Waals surface area contributed by atoms with E-state index in [1.54, 1.807) is 13.0 Å². The van der Waals surface area contributed by atoms with Gasteiger partial charge in [-0.1, -0.05) is 27.7 Å². The molecular formula is C6H7IN2O2. The first-order valence-electron chi connectivity index (χ1n) is 3.01. The molecule has 0 spiro atoms. The number of amides is 1. The Hall–Kier alpha value is -0.590. The Morgan fingerprint density at radius 3 is 3.09 bits per heavy atom. The monoisotopic (exact) mass is 266 g/mol. The number of hydrogen-bond donors (Lipinski definition) is 1. The van der Waals surface area contributed by atoms with Gasteiger partial charge in [0.2, 0.25) is 5.91 Å². The lowest BCUT2D eigenvalue weighted by atomic mass is 10.5. The van der Waals surface area contributed by atoms with Gasteiger partial charge in [0.1, 0.15) is 5.76 Å². The first-order valence-corrected chi connectivity index (χ1v) is 4.54. The van der Waals surface area contributed by atoms with E-state index in [1.807, 2.05) is 22.6 Å². The lowest BCUT2D eigenvalue weighted by Gasteiger charge is -1.93. The third-order valence-corrected chi connectivity index (χ3v) is 1.71. The van der Waals surface area contributed by atoms with Crippen molar-refractivity contribution in [2.45, 2.75) is 6.92 Å². The Morgan fingerprint density at radius 2 is 2.64 bits per heavy atom. The summed E-state index contributed by atoms with van der Waals surface area (Å²) in [4.78, 5) is 10.8. The smallest absolute Gasteiger partial charge is 0.235 e. The maximum absolute atomic E-state index is 10.8. The zero-order chi connectivity index (χ0) is 8.27. The molecule has 1 amide bonds. The van der Waals surface area contributed by atoms with Crippen LogP contribution in [0.4, 0.5) is 5.82 Å². The number of hydrogen-bond acceptors (Lipinski definition) is 3. The van der Waals surface area contributed by atoms with Gasteiger partial charge in [0.25, 0.3) is 0 Å². The lowest BCUT2D eigenvalue weighted by molar-refractivity contribution is -0.113. The second-order valence-electron chi connectivity index (χ2n) is 2.00. The highest BCUT2D eigenvalue weighted by Gasteiger charge is 2.02. The van der Waals surface area contributed by atoms with Crippen LogP contribution in [0.15, 0.2) is 10.6 Å². The molecule has 0 unspecified atom stereocenters. The van der Waals surface area contributed by atoms with E-state index in [-0.39, 0.29) is 5.91 Å². The third-order valence-electron chi connectivity index (χ3n) is 1.02. The van der Waals surface area contributed by atoms with Crippen LogP contribution < -0.4 is 5.32 Å². The fourth-order valence-corrected chi connectivity index (χ4v) is 0.792. The maximum atomic E-state index is 10.8. The van der Waals surface area contributed by atoms with Gasteiger partial charge in [-0.2, -0.15) is 0 Å². The molecule has 0 atom stereocenters. The number of nitrogens with one attached hydrogen (secondary N) is 1. The highest BCUT2D eigenvalue weighted by atomic mass is 127. The Balaban J connectivity index is 2.57. The molecule has 0 aliphatic heterocycles. The molecule has 1 heterocycles. The average Bonchev–Trinajstić information content (AvgIpc) is 2.35. The summed E-state index contributed by atoms with van der Waals surface area (Å²) in [5, 5.41) is 6.15. The Kier molecular flexibility index (Phi) is 2.86. The number of carbonyl (C=O) groups is 1. The Labute approximate surface area is 77.5 Å². The van der Waals surface area contributed by atoms with Crippen LogP contribution in [0, 0.1) is 6.92 Å². The van der Waals surface area contributed by atoms with E-state index in [4.69, 9.17) is 4.52 Å². The summed E-state index contributed by atoms with van der Waals surface area (Å²) in [6, 6.07) is 1.67. The number of rotatable bonds is 2. The van der Waals surface area contributed by atoms with Crippen LogP contribution in [0.25, 0.3) is 0 Å². The lowest BCUT2D eigenvalue weighted by Crippen LogP contribution is -2.12. The van der Waals surface area contributed by atoms with E-state index >= 15 is 0 Å². The van der Waals surface area contributed by atoms with Crippen LogP contribution in [0.3, 0.4) is 0 Å². The number of aromatic nitrogens is 1. The molecule has 5 heteroatoms. The molecule has 11 heavy (non-hydrogen) atoms. The fraction of sp³-hybridized carbons (Fsp3) is 0.333. The van der Waals surface area contributed by atoms with Crippen molar-refractivity contribution in [1.29, 1.82) is 0 Å². The van der Waals surface area contributed by atoms with Gasteiger partial charge in [-0.25, -0.2) is 0 Å². The van der Waals surface area contributed by atoms with Crippen molar-refractivity contribution in [2.75, 3.05) is 9.74 Å². The summed E-state index contributed by atoms with van der Waals surface area (Å²) >= 11 is 1.98. The van der Waals surface area contributed by atoms with Crippen LogP contribution in [0.5, 0.6) is 0 Å². The van der Waals surface area contributed by atoms with Crippen LogP contribution >= 0.6 is 22.6 Å². The Bertz CT molecular complexity index is 259. The Morgan fingerprint density at radius 1 is 1.91 bits per heavy atom. The summed E-state index contributed by atoms with van der Waals surface area (Å²) in [6.07, 6.45) is 0. The molecule has 0 aliphatic carbocycles. The molecule has 0 bridgehead atoms. The summed E-state index contributed by atoms with van der Waals surface area (Å²) in [5.74, 6) is 1.09. The van der Waals surface area contributed by atoms with Gasteiger partial charge in [-0.15, -0.1) is 0 Å². The van der Waals surface area contributed by atoms with Gasteiger partial charge in [-0.05, 0) is 6.92 Å². The molecule has 0 aromatic carbocycles. The summed E-state index contributed by atoms with van der Waals surface area (Å²) in [6.45, 7) is 1.77. The predicted octanol–water partition coefficient (Wildman–Crippen LogP) is 1.36. The summed E-state index contributed by atoms with van der Waals surface area (Å²) in [7, 11) is 0. The van der Waals surface area contributed by atoms with E-state index in [0.29, 0.717) is 16.0 Å². The number of nitrogens with zero attached hydrogens (tertiary/aromatic N) is 1. The molecule has 4 nitrogen and oxygen atoms in total. The van der Waals surface area contributed by atoms with Crippen molar-refractivity contribution in [3.63, 3.8) is 0 Å².